The van der Waals surface area contributed by atoms with Crippen LogP contribution in [0.1, 0.15) is 30.8 Å². The standard InChI is InChI=1S/C11H16N2O5/c1-7(2)5-8(6-14)12-11(15)9-3-4-10(18-9)13(16)17/h3-4,7-8,14H,5-6H2,1-2H3,(H,12,15). The van der Waals surface area contributed by atoms with Crippen molar-refractivity contribution in [3.8, 4) is 0 Å². The van der Waals surface area contributed by atoms with E-state index in [0.29, 0.717) is 12.3 Å². The normalized spacial score (nSPS) is 12.4. The quantitative estimate of drug-likeness (QED) is 0.590. The van der Waals surface area contributed by atoms with Gasteiger partial charge >= 0.3 is 5.88 Å². The monoisotopic (exact) mass is 256 g/mol. The SMILES string of the molecule is CC(C)CC(CO)NC(=O)c1ccc([N+](=O)[O-])o1. The first kappa shape index (κ1) is 14.2. The number of aliphatic hydroxyl groups is 1. The Morgan fingerprint density at radius 1 is 1.56 bits per heavy atom. The number of nitro groups is 1. The van der Waals surface area contributed by atoms with Gasteiger partial charge in [0.15, 0.2) is 5.76 Å². The van der Waals surface area contributed by atoms with Gasteiger partial charge in [0.25, 0.3) is 5.91 Å². The molecule has 0 fully saturated rings. The summed E-state index contributed by atoms with van der Waals surface area (Å²) in [5.74, 6) is -0.871. The largest absolute Gasteiger partial charge is 0.433 e. The molecule has 0 saturated heterocycles. The molecular formula is C11H16N2O5. The third-order valence-corrected chi connectivity index (χ3v) is 2.31. The Kier molecular flexibility index (Phi) is 4.85. The minimum absolute atomic E-state index is 0.135. The molecule has 0 saturated carbocycles. The fourth-order valence-corrected chi connectivity index (χ4v) is 1.55. The fraction of sp³-hybridized carbons (Fsp3) is 0.545. The van der Waals surface area contributed by atoms with Crippen LogP contribution < -0.4 is 5.32 Å². The lowest BCUT2D eigenvalue weighted by atomic mass is 10.0. The van der Waals surface area contributed by atoms with Crippen molar-refractivity contribution in [2.24, 2.45) is 5.92 Å². The first-order valence-electron chi connectivity index (χ1n) is 5.60. The minimum Gasteiger partial charge on any atom is -0.395 e. The number of amides is 1. The second kappa shape index (κ2) is 6.15. The number of carbonyl (C=O) groups is 1. The highest BCUT2D eigenvalue weighted by Gasteiger charge is 2.20. The first-order valence-corrected chi connectivity index (χ1v) is 5.60. The molecule has 18 heavy (non-hydrogen) atoms. The zero-order valence-electron chi connectivity index (χ0n) is 10.3. The summed E-state index contributed by atoms with van der Waals surface area (Å²) in [7, 11) is 0. The van der Waals surface area contributed by atoms with Crippen LogP contribution in [-0.2, 0) is 0 Å². The van der Waals surface area contributed by atoms with Crippen LogP contribution in [0.5, 0.6) is 0 Å². The summed E-state index contributed by atoms with van der Waals surface area (Å²) >= 11 is 0. The maximum atomic E-state index is 11.7. The Balaban J connectivity index is 2.65. The highest BCUT2D eigenvalue weighted by atomic mass is 16.6. The van der Waals surface area contributed by atoms with E-state index >= 15 is 0 Å². The maximum Gasteiger partial charge on any atom is 0.433 e. The molecule has 0 aliphatic heterocycles. The molecule has 0 aliphatic carbocycles. The Bertz CT molecular complexity index is 427. The van der Waals surface area contributed by atoms with E-state index < -0.39 is 16.7 Å². The molecular weight excluding hydrogens is 240 g/mol. The number of hydrogen-bond donors (Lipinski definition) is 2. The highest BCUT2D eigenvalue weighted by Crippen LogP contribution is 2.15. The smallest absolute Gasteiger partial charge is 0.395 e. The van der Waals surface area contributed by atoms with E-state index in [1.807, 2.05) is 13.8 Å². The van der Waals surface area contributed by atoms with Gasteiger partial charge in [-0.05, 0) is 18.4 Å². The van der Waals surface area contributed by atoms with Crippen molar-refractivity contribution in [3.63, 3.8) is 0 Å². The summed E-state index contributed by atoms with van der Waals surface area (Å²) in [5, 5.41) is 22.1. The molecule has 0 radical (unpaired) electrons. The van der Waals surface area contributed by atoms with E-state index in [1.54, 1.807) is 0 Å². The molecule has 2 N–H and O–H groups in total. The predicted octanol–water partition coefficient (Wildman–Crippen LogP) is 1.32. The van der Waals surface area contributed by atoms with Crippen LogP contribution >= 0.6 is 0 Å². The summed E-state index contributed by atoms with van der Waals surface area (Å²) in [5.41, 5.74) is 0. The van der Waals surface area contributed by atoms with Gasteiger partial charge < -0.3 is 14.8 Å². The summed E-state index contributed by atoms with van der Waals surface area (Å²) in [6.45, 7) is 3.74. The lowest BCUT2D eigenvalue weighted by Crippen LogP contribution is -2.38. The molecule has 1 unspecified atom stereocenters. The number of aliphatic hydroxyl groups excluding tert-OH is 1. The van der Waals surface area contributed by atoms with Gasteiger partial charge in [-0.2, -0.15) is 0 Å². The molecule has 0 spiro atoms. The molecule has 7 heteroatoms. The topological polar surface area (TPSA) is 106 Å². The van der Waals surface area contributed by atoms with Gasteiger partial charge in [-0.15, -0.1) is 0 Å². The van der Waals surface area contributed by atoms with E-state index in [1.165, 1.54) is 6.07 Å². The molecule has 1 amide bonds. The number of carbonyl (C=O) groups excluding carboxylic acids is 1. The molecule has 1 atom stereocenters. The van der Waals surface area contributed by atoms with Crippen LogP contribution in [0.25, 0.3) is 0 Å². The molecule has 0 bridgehead atoms. The summed E-state index contributed by atoms with van der Waals surface area (Å²) in [6, 6.07) is 1.96. The van der Waals surface area contributed by atoms with E-state index in [0.717, 1.165) is 6.07 Å². The highest BCUT2D eigenvalue weighted by molar-refractivity contribution is 5.91. The first-order chi connectivity index (χ1) is 8.43. The van der Waals surface area contributed by atoms with Crippen molar-refractivity contribution in [2.45, 2.75) is 26.3 Å². The van der Waals surface area contributed by atoms with Gasteiger partial charge in [-0.25, -0.2) is 0 Å². The van der Waals surface area contributed by atoms with E-state index in [-0.39, 0.29) is 18.4 Å². The number of nitrogens with zero attached hydrogens (tertiary/aromatic N) is 1. The van der Waals surface area contributed by atoms with Crippen LogP contribution in [0.2, 0.25) is 0 Å². The Labute approximate surface area is 104 Å². The van der Waals surface area contributed by atoms with Crippen molar-refractivity contribution in [3.05, 3.63) is 28.0 Å². The lowest BCUT2D eigenvalue weighted by molar-refractivity contribution is -0.402. The van der Waals surface area contributed by atoms with Crippen LogP contribution in [0.3, 0.4) is 0 Å². The fourth-order valence-electron chi connectivity index (χ4n) is 1.55. The maximum absolute atomic E-state index is 11.7. The second-order valence-corrected chi connectivity index (χ2v) is 4.38. The summed E-state index contributed by atoms with van der Waals surface area (Å²) < 4.78 is 4.76. The molecule has 0 aromatic carbocycles. The van der Waals surface area contributed by atoms with Crippen molar-refractivity contribution < 1.29 is 19.2 Å². The molecule has 1 rings (SSSR count). The van der Waals surface area contributed by atoms with Crippen molar-refractivity contribution in [2.75, 3.05) is 6.61 Å². The van der Waals surface area contributed by atoms with Gasteiger partial charge in [0.2, 0.25) is 0 Å². The summed E-state index contributed by atoms with van der Waals surface area (Å²) in [6.07, 6.45) is 0.616. The zero-order chi connectivity index (χ0) is 13.7. The van der Waals surface area contributed by atoms with Crippen LogP contribution in [-0.4, -0.2) is 28.6 Å². The molecule has 1 aromatic rings. The van der Waals surface area contributed by atoms with Gasteiger partial charge in [-0.3, -0.25) is 14.9 Å². The van der Waals surface area contributed by atoms with Crippen molar-refractivity contribution in [1.29, 1.82) is 0 Å². The van der Waals surface area contributed by atoms with E-state index in [4.69, 9.17) is 9.52 Å². The second-order valence-electron chi connectivity index (χ2n) is 4.38. The van der Waals surface area contributed by atoms with E-state index in [2.05, 4.69) is 5.32 Å². The third kappa shape index (κ3) is 3.85. The van der Waals surface area contributed by atoms with Gasteiger partial charge in [0.05, 0.1) is 18.7 Å². The van der Waals surface area contributed by atoms with Crippen molar-refractivity contribution in [1.82, 2.24) is 5.32 Å². The Hall–Kier alpha value is -1.89. The number of furan rings is 1. The average Bonchev–Trinajstić information content (AvgIpc) is 2.76. The number of nitrogens with one attached hydrogen (secondary N) is 1. The number of rotatable bonds is 6. The van der Waals surface area contributed by atoms with Crippen LogP contribution in [0.15, 0.2) is 16.5 Å². The van der Waals surface area contributed by atoms with Crippen LogP contribution in [0.4, 0.5) is 5.88 Å². The Morgan fingerprint density at radius 2 is 2.22 bits per heavy atom. The molecule has 0 aliphatic rings. The van der Waals surface area contributed by atoms with Gasteiger partial charge in [0.1, 0.15) is 4.92 Å². The predicted molar refractivity (Wildman–Crippen MR) is 63.2 cm³/mol. The summed E-state index contributed by atoms with van der Waals surface area (Å²) in [4.78, 5) is 21.4. The molecule has 1 heterocycles. The molecule has 1 aromatic heterocycles. The third-order valence-electron chi connectivity index (χ3n) is 2.31. The molecule has 7 nitrogen and oxygen atoms in total. The number of hydrogen-bond acceptors (Lipinski definition) is 5. The Morgan fingerprint density at radius 3 is 2.67 bits per heavy atom. The van der Waals surface area contributed by atoms with Crippen LogP contribution in [0, 0.1) is 16.0 Å². The minimum atomic E-state index is -0.714. The molecule has 100 valence electrons. The zero-order valence-corrected chi connectivity index (χ0v) is 10.3. The average molecular weight is 256 g/mol. The van der Waals surface area contributed by atoms with Crippen molar-refractivity contribution >= 4 is 11.8 Å². The van der Waals surface area contributed by atoms with Gasteiger partial charge in [-0.1, -0.05) is 13.8 Å². The van der Waals surface area contributed by atoms with Gasteiger partial charge in [0, 0.05) is 0 Å². The van der Waals surface area contributed by atoms with E-state index in [9.17, 15) is 14.9 Å². The lowest BCUT2D eigenvalue weighted by Gasteiger charge is -2.17.